The fraction of sp³-hybridized carbons (Fsp3) is 0.611. The van der Waals surface area contributed by atoms with E-state index in [0.717, 1.165) is 32.4 Å². The number of rotatable bonds is 9. The van der Waals surface area contributed by atoms with Crippen molar-refractivity contribution in [2.45, 2.75) is 59.3 Å². The fourth-order valence-corrected chi connectivity index (χ4v) is 3.04. The summed E-state index contributed by atoms with van der Waals surface area (Å²) in [5.41, 5.74) is 9.27. The molecule has 2 N–H and O–H groups in total. The van der Waals surface area contributed by atoms with E-state index in [-0.39, 0.29) is 11.8 Å². The van der Waals surface area contributed by atoms with Crippen molar-refractivity contribution in [1.29, 1.82) is 0 Å². The maximum atomic E-state index is 11.3. The summed E-state index contributed by atoms with van der Waals surface area (Å²) in [6.45, 7) is 10.9. The van der Waals surface area contributed by atoms with E-state index >= 15 is 0 Å². The third-order valence-corrected chi connectivity index (χ3v) is 4.06. The summed E-state index contributed by atoms with van der Waals surface area (Å²) in [5, 5.41) is 0. The van der Waals surface area contributed by atoms with Crippen LogP contribution < -0.4 is 10.6 Å². The van der Waals surface area contributed by atoms with E-state index in [1.807, 2.05) is 0 Å². The standard InChI is InChI=1S/C18H30N2O/c1-5-11-20(12-6-2)17-10-8-9-16(14(17)4)15(7-3)13-18(19)21/h8-10,15H,5-7,11-13H2,1-4H3,(H2,19,21). The molecule has 1 amide bonds. The number of amides is 1. The minimum Gasteiger partial charge on any atom is -0.371 e. The molecule has 0 fully saturated rings. The largest absolute Gasteiger partial charge is 0.371 e. The van der Waals surface area contributed by atoms with Crippen LogP contribution >= 0.6 is 0 Å². The quantitative estimate of drug-likeness (QED) is 0.747. The Morgan fingerprint density at radius 1 is 1.19 bits per heavy atom. The van der Waals surface area contributed by atoms with Crippen molar-refractivity contribution in [2.24, 2.45) is 5.73 Å². The molecule has 0 spiro atoms. The van der Waals surface area contributed by atoms with Crippen LogP contribution in [0.25, 0.3) is 0 Å². The molecule has 21 heavy (non-hydrogen) atoms. The van der Waals surface area contributed by atoms with Crippen LogP contribution in [0.5, 0.6) is 0 Å². The highest BCUT2D eigenvalue weighted by atomic mass is 16.1. The molecule has 0 radical (unpaired) electrons. The molecule has 1 aromatic rings. The topological polar surface area (TPSA) is 46.3 Å². The highest BCUT2D eigenvalue weighted by Crippen LogP contribution is 2.32. The highest BCUT2D eigenvalue weighted by Gasteiger charge is 2.18. The first kappa shape index (κ1) is 17.5. The van der Waals surface area contributed by atoms with Gasteiger partial charge in [-0.3, -0.25) is 4.79 Å². The predicted molar refractivity (Wildman–Crippen MR) is 90.8 cm³/mol. The van der Waals surface area contributed by atoms with E-state index in [1.54, 1.807) is 0 Å². The zero-order valence-electron chi connectivity index (χ0n) is 14.0. The zero-order valence-corrected chi connectivity index (χ0v) is 14.0. The molecule has 118 valence electrons. The lowest BCUT2D eigenvalue weighted by Gasteiger charge is -2.28. The van der Waals surface area contributed by atoms with E-state index in [4.69, 9.17) is 5.73 Å². The van der Waals surface area contributed by atoms with Crippen LogP contribution in [0.1, 0.15) is 63.5 Å². The molecule has 0 aromatic heterocycles. The van der Waals surface area contributed by atoms with Gasteiger partial charge >= 0.3 is 0 Å². The Labute approximate surface area is 129 Å². The number of hydrogen-bond acceptors (Lipinski definition) is 2. The molecule has 1 atom stereocenters. The first-order valence-corrected chi connectivity index (χ1v) is 8.17. The second-order valence-electron chi connectivity index (χ2n) is 5.75. The van der Waals surface area contributed by atoms with Crippen molar-refractivity contribution >= 4 is 11.6 Å². The first-order chi connectivity index (χ1) is 10.0. The van der Waals surface area contributed by atoms with Gasteiger partial charge in [0, 0.05) is 25.2 Å². The second-order valence-corrected chi connectivity index (χ2v) is 5.75. The summed E-state index contributed by atoms with van der Waals surface area (Å²) < 4.78 is 0. The smallest absolute Gasteiger partial charge is 0.218 e. The van der Waals surface area contributed by atoms with Gasteiger partial charge in [0.2, 0.25) is 5.91 Å². The number of benzene rings is 1. The van der Waals surface area contributed by atoms with Crippen molar-refractivity contribution in [1.82, 2.24) is 0 Å². The Hall–Kier alpha value is -1.51. The number of hydrogen-bond donors (Lipinski definition) is 1. The predicted octanol–water partition coefficient (Wildman–Crippen LogP) is 3.99. The molecule has 1 unspecified atom stereocenters. The molecule has 3 nitrogen and oxygen atoms in total. The lowest BCUT2D eigenvalue weighted by Crippen LogP contribution is -2.26. The number of carbonyl (C=O) groups is 1. The monoisotopic (exact) mass is 290 g/mol. The summed E-state index contributed by atoms with van der Waals surface area (Å²) in [5.74, 6) is 0.0122. The first-order valence-electron chi connectivity index (χ1n) is 8.17. The third kappa shape index (κ3) is 4.76. The normalized spacial score (nSPS) is 12.2. The summed E-state index contributed by atoms with van der Waals surface area (Å²) in [4.78, 5) is 13.7. The van der Waals surface area contributed by atoms with Crippen molar-refractivity contribution < 1.29 is 4.79 Å². The average molecular weight is 290 g/mol. The number of anilines is 1. The Morgan fingerprint density at radius 2 is 1.81 bits per heavy atom. The molecule has 0 aliphatic carbocycles. The Bertz CT molecular complexity index is 451. The number of nitrogens with zero attached hydrogens (tertiary/aromatic N) is 1. The van der Waals surface area contributed by atoms with Crippen molar-refractivity contribution in [3.63, 3.8) is 0 Å². The Balaban J connectivity index is 3.13. The summed E-state index contributed by atoms with van der Waals surface area (Å²) >= 11 is 0. The van der Waals surface area contributed by atoms with Crippen molar-refractivity contribution in [2.75, 3.05) is 18.0 Å². The van der Waals surface area contributed by atoms with Gasteiger partial charge in [-0.1, -0.05) is 32.9 Å². The molecule has 1 rings (SSSR count). The van der Waals surface area contributed by atoms with Crippen LogP contribution in [0.15, 0.2) is 18.2 Å². The minimum absolute atomic E-state index is 0.217. The van der Waals surface area contributed by atoms with E-state index in [9.17, 15) is 4.79 Å². The van der Waals surface area contributed by atoms with Gasteiger partial charge in [-0.25, -0.2) is 0 Å². The van der Waals surface area contributed by atoms with E-state index in [1.165, 1.54) is 16.8 Å². The van der Waals surface area contributed by atoms with Gasteiger partial charge < -0.3 is 10.6 Å². The molecule has 0 bridgehead atoms. The lowest BCUT2D eigenvalue weighted by molar-refractivity contribution is -0.118. The Morgan fingerprint density at radius 3 is 2.29 bits per heavy atom. The molecular formula is C18H30N2O. The molecule has 0 aliphatic heterocycles. The van der Waals surface area contributed by atoms with Crippen LogP contribution in [0, 0.1) is 6.92 Å². The number of carbonyl (C=O) groups excluding carboxylic acids is 1. The summed E-state index contributed by atoms with van der Waals surface area (Å²) in [7, 11) is 0. The number of nitrogens with two attached hydrogens (primary N) is 1. The fourth-order valence-electron chi connectivity index (χ4n) is 3.04. The van der Waals surface area contributed by atoms with Crippen molar-refractivity contribution in [3.8, 4) is 0 Å². The highest BCUT2D eigenvalue weighted by molar-refractivity contribution is 5.75. The van der Waals surface area contributed by atoms with Gasteiger partial charge in [0.05, 0.1) is 0 Å². The van der Waals surface area contributed by atoms with Crippen LogP contribution in [-0.2, 0) is 4.79 Å². The molecule has 0 heterocycles. The second kappa shape index (κ2) is 8.71. The van der Waals surface area contributed by atoms with E-state index < -0.39 is 0 Å². The molecule has 1 aromatic carbocycles. The van der Waals surface area contributed by atoms with E-state index in [0.29, 0.717) is 6.42 Å². The summed E-state index contributed by atoms with van der Waals surface area (Å²) in [6, 6.07) is 6.45. The third-order valence-electron chi connectivity index (χ3n) is 4.06. The van der Waals surface area contributed by atoms with Gasteiger partial charge in [-0.15, -0.1) is 0 Å². The summed E-state index contributed by atoms with van der Waals surface area (Å²) in [6.07, 6.45) is 3.65. The maximum Gasteiger partial charge on any atom is 0.218 e. The van der Waals surface area contributed by atoms with Crippen LogP contribution in [-0.4, -0.2) is 19.0 Å². The van der Waals surface area contributed by atoms with Crippen LogP contribution in [0.2, 0.25) is 0 Å². The number of primary amides is 1. The van der Waals surface area contributed by atoms with Crippen molar-refractivity contribution in [3.05, 3.63) is 29.3 Å². The van der Waals surface area contributed by atoms with E-state index in [2.05, 4.69) is 50.8 Å². The van der Waals surface area contributed by atoms with Crippen LogP contribution in [0.4, 0.5) is 5.69 Å². The molecule has 3 heteroatoms. The average Bonchev–Trinajstić information content (AvgIpc) is 2.45. The molecular weight excluding hydrogens is 260 g/mol. The van der Waals surface area contributed by atoms with Gasteiger partial charge in [0.25, 0.3) is 0 Å². The van der Waals surface area contributed by atoms with Gasteiger partial charge in [0.15, 0.2) is 0 Å². The minimum atomic E-state index is -0.217. The van der Waals surface area contributed by atoms with Gasteiger partial charge in [-0.05, 0) is 49.3 Å². The Kier molecular flexibility index (Phi) is 7.27. The van der Waals surface area contributed by atoms with Gasteiger partial charge in [-0.2, -0.15) is 0 Å². The maximum absolute atomic E-state index is 11.3. The SMILES string of the molecule is CCCN(CCC)c1cccc(C(CC)CC(N)=O)c1C. The van der Waals surface area contributed by atoms with Crippen LogP contribution in [0.3, 0.4) is 0 Å². The zero-order chi connectivity index (χ0) is 15.8. The molecule has 0 saturated heterocycles. The molecule has 0 saturated carbocycles. The lowest BCUT2D eigenvalue weighted by atomic mass is 9.88. The molecule has 0 aliphatic rings. The van der Waals surface area contributed by atoms with Gasteiger partial charge in [0.1, 0.15) is 0 Å².